The number of methoxy groups -OCH3 is 2. The van der Waals surface area contributed by atoms with E-state index in [1.807, 2.05) is 30.3 Å². The molecule has 172 valence electrons. The van der Waals surface area contributed by atoms with Crippen LogP contribution in [0.4, 0.5) is 5.69 Å². The van der Waals surface area contributed by atoms with Crippen LogP contribution >= 0.6 is 0 Å². The Kier molecular flexibility index (Phi) is 7.28. The van der Waals surface area contributed by atoms with E-state index in [1.54, 1.807) is 20.4 Å². The van der Waals surface area contributed by atoms with Gasteiger partial charge in [-0.25, -0.2) is 0 Å². The minimum atomic E-state index is 0.491. The number of fused-ring (bicyclic) bond motifs is 1. The fraction of sp³-hybridized carbons (Fsp3) is 0.385. The van der Waals surface area contributed by atoms with Crippen molar-refractivity contribution < 1.29 is 9.47 Å². The van der Waals surface area contributed by atoms with Gasteiger partial charge in [-0.2, -0.15) is 5.26 Å². The SMILES string of the molecule is COc1ccc2ncc(C#N)c(CCN3CCC(NCc4ccc(OC)c(N)c4)CC3)c2c1. The molecule has 0 spiro atoms. The van der Waals surface area contributed by atoms with Gasteiger partial charge in [-0.15, -0.1) is 0 Å². The van der Waals surface area contributed by atoms with Gasteiger partial charge in [-0.1, -0.05) is 6.07 Å². The molecular formula is C26H31N5O2. The van der Waals surface area contributed by atoms with Crippen LogP contribution < -0.4 is 20.5 Å². The second kappa shape index (κ2) is 10.5. The number of nitrogens with two attached hydrogens (primary N) is 1. The van der Waals surface area contributed by atoms with Gasteiger partial charge in [0.15, 0.2) is 0 Å². The Balaban J connectivity index is 1.32. The Morgan fingerprint density at radius 3 is 2.67 bits per heavy atom. The molecule has 1 aliphatic heterocycles. The van der Waals surface area contributed by atoms with Crippen LogP contribution in [0.2, 0.25) is 0 Å². The lowest BCUT2D eigenvalue weighted by Gasteiger charge is -2.32. The third-order valence-electron chi connectivity index (χ3n) is 6.46. The minimum absolute atomic E-state index is 0.491. The molecule has 0 atom stereocenters. The highest BCUT2D eigenvalue weighted by Crippen LogP contribution is 2.26. The Hall–Kier alpha value is -3.34. The largest absolute Gasteiger partial charge is 0.497 e. The second-order valence-electron chi connectivity index (χ2n) is 8.47. The van der Waals surface area contributed by atoms with E-state index >= 15 is 0 Å². The number of ether oxygens (including phenoxy) is 2. The van der Waals surface area contributed by atoms with Gasteiger partial charge in [0.05, 0.1) is 31.0 Å². The Labute approximate surface area is 195 Å². The average molecular weight is 446 g/mol. The highest BCUT2D eigenvalue weighted by Gasteiger charge is 2.20. The molecule has 0 radical (unpaired) electrons. The van der Waals surface area contributed by atoms with Crippen LogP contribution in [-0.4, -0.2) is 49.8 Å². The van der Waals surface area contributed by atoms with Gasteiger partial charge >= 0.3 is 0 Å². The summed E-state index contributed by atoms with van der Waals surface area (Å²) in [6.45, 7) is 3.80. The number of nitrogens with one attached hydrogen (secondary N) is 1. The maximum Gasteiger partial charge on any atom is 0.141 e. The molecule has 1 fully saturated rings. The van der Waals surface area contributed by atoms with Crippen molar-refractivity contribution in [1.29, 1.82) is 5.26 Å². The molecule has 7 heteroatoms. The third kappa shape index (κ3) is 5.36. The fourth-order valence-electron chi connectivity index (χ4n) is 4.51. The highest BCUT2D eigenvalue weighted by molar-refractivity contribution is 5.85. The predicted molar refractivity (Wildman–Crippen MR) is 130 cm³/mol. The molecule has 7 nitrogen and oxygen atoms in total. The number of nitrogens with zero attached hydrogens (tertiary/aromatic N) is 3. The summed E-state index contributed by atoms with van der Waals surface area (Å²) in [5.74, 6) is 1.50. The molecule has 3 aromatic rings. The van der Waals surface area contributed by atoms with Crippen molar-refractivity contribution in [3.05, 3.63) is 59.3 Å². The average Bonchev–Trinajstić information content (AvgIpc) is 2.86. The quantitative estimate of drug-likeness (QED) is 0.512. The second-order valence-corrected chi connectivity index (χ2v) is 8.47. The van der Waals surface area contributed by atoms with Gasteiger partial charge in [0.2, 0.25) is 0 Å². The maximum atomic E-state index is 9.62. The smallest absolute Gasteiger partial charge is 0.141 e. The molecule has 1 aromatic heterocycles. The first kappa shape index (κ1) is 22.8. The zero-order valence-corrected chi connectivity index (χ0v) is 19.3. The molecule has 0 amide bonds. The first-order valence-electron chi connectivity index (χ1n) is 11.3. The van der Waals surface area contributed by atoms with Crippen LogP contribution in [0.5, 0.6) is 11.5 Å². The summed E-state index contributed by atoms with van der Waals surface area (Å²) < 4.78 is 10.6. The van der Waals surface area contributed by atoms with E-state index in [9.17, 15) is 5.26 Å². The monoisotopic (exact) mass is 445 g/mol. The molecule has 3 N–H and O–H groups in total. The van der Waals surface area contributed by atoms with Crippen molar-refractivity contribution in [3.8, 4) is 17.6 Å². The summed E-state index contributed by atoms with van der Waals surface area (Å²) in [6, 6.07) is 14.6. The van der Waals surface area contributed by atoms with E-state index in [4.69, 9.17) is 15.2 Å². The highest BCUT2D eigenvalue weighted by atomic mass is 16.5. The predicted octanol–water partition coefficient (Wildman–Crippen LogP) is 3.50. The van der Waals surface area contributed by atoms with Crippen LogP contribution in [-0.2, 0) is 13.0 Å². The number of piperidine rings is 1. The number of nitrogen functional groups attached to an aromatic ring is 1. The molecule has 4 rings (SSSR count). The lowest BCUT2D eigenvalue weighted by Crippen LogP contribution is -2.42. The Morgan fingerprint density at radius 1 is 1.15 bits per heavy atom. The molecule has 2 aromatic carbocycles. The molecule has 1 saturated heterocycles. The van der Waals surface area contributed by atoms with Crippen LogP contribution in [0.15, 0.2) is 42.6 Å². The summed E-state index contributed by atoms with van der Waals surface area (Å²) in [5.41, 5.74) is 10.5. The first-order chi connectivity index (χ1) is 16.1. The standard InChI is InChI=1S/C26H31N5O2/c1-32-21-4-5-25-23(14-21)22(19(15-27)17-30-25)9-12-31-10-7-20(8-11-31)29-16-18-3-6-26(33-2)24(28)13-18/h3-6,13-14,17,20,29H,7-12,16,28H2,1-2H3. The maximum absolute atomic E-state index is 9.62. The zero-order valence-electron chi connectivity index (χ0n) is 19.3. The molecule has 0 saturated carbocycles. The van der Waals surface area contributed by atoms with Gasteiger partial charge in [0.25, 0.3) is 0 Å². The molecule has 0 bridgehead atoms. The van der Waals surface area contributed by atoms with E-state index in [-0.39, 0.29) is 0 Å². The zero-order chi connectivity index (χ0) is 23.2. The van der Waals surface area contributed by atoms with Gasteiger partial charge in [-0.3, -0.25) is 4.98 Å². The molecular weight excluding hydrogens is 414 g/mol. The van der Waals surface area contributed by atoms with Gasteiger partial charge in [0, 0.05) is 30.7 Å². The minimum Gasteiger partial charge on any atom is -0.497 e. The third-order valence-corrected chi connectivity index (χ3v) is 6.46. The number of hydrogen-bond donors (Lipinski definition) is 2. The van der Waals surface area contributed by atoms with Crippen LogP contribution in [0, 0.1) is 11.3 Å². The van der Waals surface area contributed by atoms with Crippen molar-refractivity contribution in [2.24, 2.45) is 0 Å². The summed E-state index contributed by atoms with van der Waals surface area (Å²) in [5, 5.41) is 14.3. The van der Waals surface area contributed by atoms with Gasteiger partial charge in [-0.05, 0) is 73.8 Å². The van der Waals surface area contributed by atoms with E-state index < -0.39 is 0 Å². The summed E-state index contributed by atoms with van der Waals surface area (Å²) >= 11 is 0. The lowest BCUT2D eigenvalue weighted by molar-refractivity contribution is 0.199. The molecule has 33 heavy (non-hydrogen) atoms. The first-order valence-corrected chi connectivity index (χ1v) is 11.3. The number of likely N-dealkylation sites (tertiary alicyclic amines) is 1. The normalized spacial score (nSPS) is 14.8. The van der Waals surface area contributed by atoms with Crippen molar-refractivity contribution in [2.45, 2.75) is 31.8 Å². The number of aromatic nitrogens is 1. The summed E-state index contributed by atoms with van der Waals surface area (Å²) in [6.07, 6.45) is 4.70. The number of benzene rings is 2. The van der Waals surface area contributed by atoms with Crippen molar-refractivity contribution in [2.75, 3.05) is 39.6 Å². The molecule has 0 aliphatic carbocycles. The number of nitriles is 1. The number of hydrogen-bond acceptors (Lipinski definition) is 7. The topological polar surface area (TPSA) is 96.4 Å². The van der Waals surface area contributed by atoms with Crippen molar-refractivity contribution in [3.63, 3.8) is 0 Å². The number of anilines is 1. The lowest BCUT2D eigenvalue weighted by atomic mass is 9.99. The Bertz CT molecular complexity index is 1150. The summed E-state index contributed by atoms with van der Waals surface area (Å²) in [7, 11) is 3.29. The number of pyridine rings is 1. The van der Waals surface area contributed by atoms with Crippen LogP contribution in [0.25, 0.3) is 10.9 Å². The fourth-order valence-corrected chi connectivity index (χ4v) is 4.51. The van der Waals surface area contributed by atoms with Crippen molar-refractivity contribution >= 4 is 16.6 Å². The van der Waals surface area contributed by atoms with E-state index in [2.05, 4.69) is 27.3 Å². The van der Waals surface area contributed by atoms with Gasteiger partial charge < -0.3 is 25.4 Å². The van der Waals surface area contributed by atoms with Crippen molar-refractivity contribution in [1.82, 2.24) is 15.2 Å². The van der Waals surface area contributed by atoms with Crippen LogP contribution in [0.3, 0.4) is 0 Å². The van der Waals surface area contributed by atoms with Crippen LogP contribution in [0.1, 0.15) is 29.5 Å². The Morgan fingerprint density at radius 2 is 1.97 bits per heavy atom. The molecule has 1 aliphatic rings. The molecule has 2 heterocycles. The van der Waals surface area contributed by atoms with E-state index in [0.29, 0.717) is 23.0 Å². The summed E-state index contributed by atoms with van der Waals surface area (Å²) in [4.78, 5) is 6.92. The van der Waals surface area contributed by atoms with E-state index in [0.717, 1.165) is 67.7 Å². The van der Waals surface area contributed by atoms with Gasteiger partial charge in [0.1, 0.15) is 17.6 Å². The molecule has 0 unspecified atom stereocenters. The number of rotatable bonds is 8. The van der Waals surface area contributed by atoms with E-state index in [1.165, 1.54) is 5.56 Å².